The summed E-state index contributed by atoms with van der Waals surface area (Å²) in [5.41, 5.74) is 0.711. The number of hydrogen-bond donors (Lipinski definition) is 2. The summed E-state index contributed by atoms with van der Waals surface area (Å²) in [6.45, 7) is 3.58. The van der Waals surface area contributed by atoms with Crippen LogP contribution < -0.4 is 10.6 Å². The Kier molecular flexibility index (Phi) is 5.75. The second-order valence-corrected chi connectivity index (χ2v) is 7.89. The minimum absolute atomic E-state index is 0.129. The quantitative estimate of drug-likeness (QED) is 0.612. The van der Waals surface area contributed by atoms with Crippen LogP contribution >= 0.6 is 23.1 Å². The van der Waals surface area contributed by atoms with Crippen molar-refractivity contribution in [2.24, 2.45) is 0 Å². The number of thioether (sulfide) groups is 1. The number of hydrogen-bond acceptors (Lipinski definition) is 6. The van der Waals surface area contributed by atoms with E-state index in [0.29, 0.717) is 22.1 Å². The SMILES string of the molecule is Cc1cc(NC(=O)C(C)Sc2ccc(NC(=O)c3cccs3)cc2)no1. The molecule has 3 aromatic rings. The van der Waals surface area contributed by atoms with Crippen LogP contribution in [0.15, 0.2) is 57.3 Å². The molecule has 6 nitrogen and oxygen atoms in total. The van der Waals surface area contributed by atoms with E-state index in [1.54, 1.807) is 19.1 Å². The molecule has 0 saturated carbocycles. The van der Waals surface area contributed by atoms with Crippen molar-refractivity contribution < 1.29 is 14.1 Å². The highest BCUT2D eigenvalue weighted by atomic mass is 32.2. The third-order valence-electron chi connectivity index (χ3n) is 3.42. The second kappa shape index (κ2) is 8.20. The first-order valence-electron chi connectivity index (χ1n) is 7.87. The molecule has 2 aromatic heterocycles. The van der Waals surface area contributed by atoms with Gasteiger partial charge in [0, 0.05) is 16.6 Å². The highest BCUT2D eigenvalue weighted by Gasteiger charge is 2.16. The van der Waals surface area contributed by atoms with E-state index >= 15 is 0 Å². The van der Waals surface area contributed by atoms with Gasteiger partial charge in [0.25, 0.3) is 5.91 Å². The minimum atomic E-state index is -0.307. The van der Waals surface area contributed by atoms with E-state index in [9.17, 15) is 9.59 Å². The van der Waals surface area contributed by atoms with Gasteiger partial charge in [0.15, 0.2) is 5.82 Å². The van der Waals surface area contributed by atoms with Gasteiger partial charge >= 0.3 is 0 Å². The van der Waals surface area contributed by atoms with Crippen molar-refractivity contribution in [2.45, 2.75) is 24.0 Å². The van der Waals surface area contributed by atoms with Crippen LogP contribution in [0.4, 0.5) is 11.5 Å². The second-order valence-electron chi connectivity index (χ2n) is 5.53. The molecule has 2 heterocycles. The highest BCUT2D eigenvalue weighted by molar-refractivity contribution is 8.00. The molecule has 1 aromatic carbocycles. The Morgan fingerprint density at radius 3 is 2.58 bits per heavy atom. The summed E-state index contributed by atoms with van der Waals surface area (Å²) in [7, 11) is 0. The van der Waals surface area contributed by atoms with Gasteiger partial charge in [0.1, 0.15) is 5.76 Å². The van der Waals surface area contributed by atoms with Crippen LogP contribution in [-0.2, 0) is 4.79 Å². The normalized spacial score (nSPS) is 11.8. The maximum Gasteiger partial charge on any atom is 0.265 e. The number of rotatable bonds is 6. The van der Waals surface area contributed by atoms with Crippen molar-refractivity contribution in [3.05, 3.63) is 58.5 Å². The lowest BCUT2D eigenvalue weighted by Gasteiger charge is -2.11. The Morgan fingerprint density at radius 2 is 1.96 bits per heavy atom. The molecule has 1 unspecified atom stereocenters. The van der Waals surface area contributed by atoms with Crippen molar-refractivity contribution in [2.75, 3.05) is 10.6 Å². The molecule has 1 atom stereocenters. The lowest BCUT2D eigenvalue weighted by atomic mass is 10.3. The number of amides is 2. The fourth-order valence-corrected chi connectivity index (χ4v) is 3.61. The monoisotopic (exact) mass is 387 g/mol. The van der Waals surface area contributed by atoms with E-state index in [1.165, 1.54) is 23.1 Å². The fraction of sp³-hybridized carbons (Fsp3) is 0.167. The molecule has 8 heteroatoms. The molecule has 26 heavy (non-hydrogen) atoms. The lowest BCUT2D eigenvalue weighted by Crippen LogP contribution is -2.22. The Labute approximate surface area is 159 Å². The molecule has 3 rings (SSSR count). The number of aryl methyl sites for hydroxylation is 1. The van der Waals surface area contributed by atoms with E-state index < -0.39 is 0 Å². The van der Waals surface area contributed by atoms with Crippen molar-refractivity contribution in [3.63, 3.8) is 0 Å². The first-order chi connectivity index (χ1) is 12.5. The van der Waals surface area contributed by atoms with E-state index in [-0.39, 0.29) is 17.1 Å². The predicted octanol–water partition coefficient (Wildman–Crippen LogP) is 4.42. The summed E-state index contributed by atoms with van der Waals surface area (Å²) in [4.78, 5) is 25.8. The summed E-state index contributed by atoms with van der Waals surface area (Å²) in [6.07, 6.45) is 0. The zero-order valence-electron chi connectivity index (χ0n) is 14.2. The van der Waals surface area contributed by atoms with Crippen molar-refractivity contribution in [3.8, 4) is 0 Å². The predicted molar refractivity (Wildman–Crippen MR) is 104 cm³/mol. The van der Waals surface area contributed by atoms with Crippen molar-refractivity contribution in [1.82, 2.24) is 5.16 Å². The molecule has 2 amide bonds. The largest absolute Gasteiger partial charge is 0.360 e. The zero-order valence-corrected chi connectivity index (χ0v) is 15.8. The molecule has 0 aliphatic rings. The molecular weight excluding hydrogens is 370 g/mol. The number of benzene rings is 1. The van der Waals surface area contributed by atoms with Crippen LogP contribution in [0.25, 0.3) is 0 Å². The summed E-state index contributed by atoms with van der Waals surface area (Å²) in [6, 6.07) is 12.7. The molecule has 0 fully saturated rings. The van der Waals surface area contributed by atoms with Crippen LogP contribution in [-0.4, -0.2) is 22.2 Å². The van der Waals surface area contributed by atoms with Crippen molar-refractivity contribution in [1.29, 1.82) is 0 Å². The van der Waals surface area contributed by atoms with E-state index in [2.05, 4.69) is 15.8 Å². The first-order valence-corrected chi connectivity index (χ1v) is 9.63. The number of carbonyl (C=O) groups excluding carboxylic acids is 2. The van der Waals surface area contributed by atoms with Crippen LogP contribution in [0, 0.1) is 6.92 Å². The van der Waals surface area contributed by atoms with Crippen LogP contribution in [0.2, 0.25) is 0 Å². The van der Waals surface area contributed by atoms with E-state index in [1.807, 2.05) is 42.6 Å². The molecule has 0 spiro atoms. The third-order valence-corrected chi connectivity index (χ3v) is 5.40. The minimum Gasteiger partial charge on any atom is -0.360 e. The zero-order chi connectivity index (χ0) is 18.5. The van der Waals surface area contributed by atoms with Gasteiger partial charge in [0.05, 0.1) is 10.1 Å². The maximum absolute atomic E-state index is 12.2. The Morgan fingerprint density at radius 1 is 1.19 bits per heavy atom. The third kappa shape index (κ3) is 4.74. The number of anilines is 2. The molecule has 134 valence electrons. The van der Waals surface area contributed by atoms with Gasteiger partial charge in [-0.3, -0.25) is 9.59 Å². The maximum atomic E-state index is 12.2. The Bertz CT molecular complexity index is 889. The summed E-state index contributed by atoms with van der Waals surface area (Å²) >= 11 is 2.82. The van der Waals surface area contributed by atoms with Gasteiger partial charge in [-0.25, -0.2) is 0 Å². The Hall–Kier alpha value is -2.58. The molecule has 0 saturated heterocycles. The summed E-state index contributed by atoms with van der Waals surface area (Å²) < 4.78 is 4.93. The standard InChI is InChI=1S/C18H17N3O3S2/c1-11-10-16(21-24-11)20-17(22)12(2)26-14-7-5-13(6-8-14)19-18(23)15-4-3-9-25-15/h3-10,12H,1-2H3,(H,19,23)(H,20,21,22). The van der Waals surface area contributed by atoms with Crippen LogP contribution in [0.3, 0.4) is 0 Å². The molecule has 0 aliphatic carbocycles. The van der Waals surface area contributed by atoms with Gasteiger partial charge in [-0.2, -0.15) is 0 Å². The number of nitrogens with one attached hydrogen (secondary N) is 2. The van der Waals surface area contributed by atoms with E-state index in [4.69, 9.17) is 4.52 Å². The van der Waals surface area contributed by atoms with Gasteiger partial charge in [0.2, 0.25) is 5.91 Å². The van der Waals surface area contributed by atoms with E-state index in [0.717, 1.165) is 4.90 Å². The average Bonchev–Trinajstić information content (AvgIpc) is 3.28. The molecule has 0 radical (unpaired) electrons. The Balaban J connectivity index is 1.54. The summed E-state index contributed by atoms with van der Waals surface area (Å²) in [5, 5.41) is 10.9. The first kappa shape index (κ1) is 18.2. The van der Waals surface area contributed by atoms with Gasteiger partial charge in [-0.1, -0.05) is 11.2 Å². The van der Waals surface area contributed by atoms with Crippen LogP contribution in [0.5, 0.6) is 0 Å². The number of nitrogens with zero attached hydrogens (tertiary/aromatic N) is 1. The molecular formula is C18H17N3O3S2. The number of thiophene rings is 1. The lowest BCUT2D eigenvalue weighted by molar-refractivity contribution is -0.115. The number of aromatic nitrogens is 1. The fourth-order valence-electron chi connectivity index (χ4n) is 2.13. The van der Waals surface area contributed by atoms with Gasteiger partial charge < -0.3 is 15.2 Å². The molecule has 0 aliphatic heterocycles. The molecule has 0 bridgehead atoms. The summed E-state index contributed by atoms with van der Waals surface area (Å²) in [5.74, 6) is 0.766. The van der Waals surface area contributed by atoms with Gasteiger partial charge in [-0.15, -0.1) is 23.1 Å². The smallest absolute Gasteiger partial charge is 0.265 e. The molecule has 2 N–H and O–H groups in total. The van der Waals surface area contributed by atoms with Crippen LogP contribution in [0.1, 0.15) is 22.4 Å². The topological polar surface area (TPSA) is 84.2 Å². The average molecular weight is 387 g/mol. The van der Waals surface area contributed by atoms with Crippen molar-refractivity contribution >= 4 is 46.4 Å². The number of carbonyl (C=O) groups is 2. The van der Waals surface area contributed by atoms with Gasteiger partial charge in [-0.05, 0) is 49.6 Å². The highest BCUT2D eigenvalue weighted by Crippen LogP contribution is 2.26.